The molecular weight excluding hydrogens is 310 g/mol. The fraction of sp³-hybridized carbons (Fsp3) is 0.381. The normalized spacial score (nSPS) is 15.9. The summed E-state index contributed by atoms with van der Waals surface area (Å²) < 4.78 is 0. The molecule has 3 rings (SSSR count). The van der Waals surface area contributed by atoms with Crippen LogP contribution in [0.2, 0.25) is 0 Å². The van der Waals surface area contributed by atoms with Gasteiger partial charge in [0.05, 0.1) is 0 Å². The topological polar surface area (TPSA) is 26.8 Å². The van der Waals surface area contributed by atoms with Gasteiger partial charge in [-0.05, 0) is 44.3 Å². The maximum absolute atomic E-state index is 13.0. The molecule has 4 nitrogen and oxygen atoms in total. The molecule has 1 fully saturated rings. The summed E-state index contributed by atoms with van der Waals surface area (Å²) in [6.07, 6.45) is 0.983. The first-order chi connectivity index (χ1) is 12.2. The molecule has 0 unspecified atom stereocenters. The van der Waals surface area contributed by atoms with Crippen molar-refractivity contribution in [3.63, 3.8) is 0 Å². The second kappa shape index (κ2) is 8.79. The van der Waals surface area contributed by atoms with Gasteiger partial charge < -0.3 is 14.7 Å². The third-order valence-corrected chi connectivity index (χ3v) is 4.79. The molecule has 0 aromatic heterocycles. The molecule has 1 heterocycles. The summed E-state index contributed by atoms with van der Waals surface area (Å²) in [6, 6.07) is 19.5. The minimum Gasteiger partial charge on any atom is -0.308 e. The average Bonchev–Trinajstić information content (AvgIpc) is 2.67. The van der Waals surface area contributed by atoms with Gasteiger partial charge >= 0.3 is 0 Å². The van der Waals surface area contributed by atoms with E-state index in [2.05, 4.69) is 16.8 Å². The summed E-state index contributed by atoms with van der Waals surface area (Å²) in [6.45, 7) is 6.28. The van der Waals surface area contributed by atoms with Crippen molar-refractivity contribution in [1.82, 2.24) is 9.80 Å². The highest BCUT2D eigenvalue weighted by molar-refractivity contribution is 6.06. The van der Waals surface area contributed by atoms with E-state index in [1.165, 1.54) is 0 Å². The number of piperazine rings is 1. The van der Waals surface area contributed by atoms with Crippen LogP contribution in [0.3, 0.4) is 0 Å². The number of rotatable bonds is 6. The van der Waals surface area contributed by atoms with Crippen LogP contribution in [0, 0.1) is 0 Å². The molecule has 25 heavy (non-hydrogen) atoms. The molecular formula is C21H27N3O. The molecule has 1 amide bonds. The molecule has 1 aliphatic rings. The average molecular weight is 337 g/mol. The minimum absolute atomic E-state index is 0.0742. The van der Waals surface area contributed by atoms with Crippen LogP contribution in [0.15, 0.2) is 60.7 Å². The lowest BCUT2D eigenvalue weighted by Crippen LogP contribution is -2.45. The SMILES string of the molecule is CN1CCN(CCCN(C(=O)c2ccccc2)c2ccccc2)CC1. The smallest absolute Gasteiger partial charge is 0.258 e. The van der Waals surface area contributed by atoms with Crippen LogP contribution in [0.5, 0.6) is 0 Å². The Morgan fingerprint density at radius 2 is 1.52 bits per heavy atom. The van der Waals surface area contributed by atoms with Crippen LogP contribution in [-0.2, 0) is 0 Å². The zero-order valence-electron chi connectivity index (χ0n) is 15.0. The molecule has 0 atom stereocenters. The van der Waals surface area contributed by atoms with Gasteiger partial charge in [-0.3, -0.25) is 4.79 Å². The Hall–Kier alpha value is -2.17. The molecule has 0 aliphatic carbocycles. The van der Waals surface area contributed by atoms with Gasteiger partial charge in [0.2, 0.25) is 0 Å². The second-order valence-electron chi connectivity index (χ2n) is 6.66. The van der Waals surface area contributed by atoms with Gasteiger partial charge in [-0.15, -0.1) is 0 Å². The van der Waals surface area contributed by atoms with Gasteiger partial charge in [0.15, 0.2) is 0 Å². The van der Waals surface area contributed by atoms with Crippen LogP contribution in [0.1, 0.15) is 16.8 Å². The van der Waals surface area contributed by atoms with Gasteiger partial charge in [0, 0.05) is 44.0 Å². The molecule has 2 aromatic rings. The molecule has 4 heteroatoms. The minimum atomic E-state index is 0.0742. The number of para-hydroxylation sites is 1. The lowest BCUT2D eigenvalue weighted by atomic mass is 10.1. The Kier molecular flexibility index (Phi) is 6.20. The van der Waals surface area contributed by atoms with Crippen LogP contribution >= 0.6 is 0 Å². The number of amides is 1. The monoisotopic (exact) mass is 337 g/mol. The van der Waals surface area contributed by atoms with Crippen LogP contribution in [0.4, 0.5) is 5.69 Å². The number of carbonyl (C=O) groups excluding carboxylic acids is 1. The van der Waals surface area contributed by atoms with E-state index in [0.29, 0.717) is 0 Å². The Morgan fingerprint density at radius 3 is 2.16 bits per heavy atom. The van der Waals surface area contributed by atoms with Gasteiger partial charge in [-0.1, -0.05) is 36.4 Å². The van der Waals surface area contributed by atoms with E-state index in [-0.39, 0.29) is 5.91 Å². The molecule has 0 radical (unpaired) electrons. The molecule has 132 valence electrons. The van der Waals surface area contributed by atoms with Crippen molar-refractivity contribution in [3.05, 3.63) is 66.2 Å². The summed E-state index contributed by atoms with van der Waals surface area (Å²) >= 11 is 0. The predicted molar refractivity (Wildman–Crippen MR) is 103 cm³/mol. The first-order valence-corrected chi connectivity index (χ1v) is 9.07. The largest absolute Gasteiger partial charge is 0.308 e. The number of carbonyl (C=O) groups is 1. The van der Waals surface area contributed by atoms with Crippen molar-refractivity contribution in [2.75, 3.05) is 51.2 Å². The number of anilines is 1. The van der Waals surface area contributed by atoms with E-state index in [0.717, 1.165) is 56.9 Å². The number of hydrogen-bond acceptors (Lipinski definition) is 3. The molecule has 0 N–H and O–H groups in total. The van der Waals surface area contributed by atoms with Crippen molar-refractivity contribution in [2.45, 2.75) is 6.42 Å². The first-order valence-electron chi connectivity index (χ1n) is 9.07. The van der Waals surface area contributed by atoms with Crippen molar-refractivity contribution in [1.29, 1.82) is 0 Å². The fourth-order valence-electron chi connectivity index (χ4n) is 3.22. The lowest BCUT2D eigenvalue weighted by molar-refractivity contribution is 0.0984. The summed E-state index contributed by atoms with van der Waals surface area (Å²) in [7, 11) is 2.17. The van der Waals surface area contributed by atoms with Crippen LogP contribution in [0.25, 0.3) is 0 Å². The first kappa shape index (κ1) is 17.6. The van der Waals surface area contributed by atoms with E-state index in [1.807, 2.05) is 65.6 Å². The van der Waals surface area contributed by atoms with Crippen molar-refractivity contribution in [2.24, 2.45) is 0 Å². The highest BCUT2D eigenvalue weighted by Crippen LogP contribution is 2.17. The van der Waals surface area contributed by atoms with E-state index >= 15 is 0 Å². The lowest BCUT2D eigenvalue weighted by Gasteiger charge is -2.33. The van der Waals surface area contributed by atoms with Gasteiger partial charge in [-0.25, -0.2) is 0 Å². The summed E-state index contributed by atoms with van der Waals surface area (Å²) in [5.74, 6) is 0.0742. The number of nitrogens with zero attached hydrogens (tertiary/aromatic N) is 3. The number of hydrogen-bond donors (Lipinski definition) is 0. The predicted octanol–water partition coefficient (Wildman–Crippen LogP) is 2.97. The summed E-state index contributed by atoms with van der Waals surface area (Å²) in [5.41, 5.74) is 1.71. The summed E-state index contributed by atoms with van der Waals surface area (Å²) in [5, 5.41) is 0. The highest BCUT2D eigenvalue weighted by atomic mass is 16.2. The molecule has 1 aliphatic heterocycles. The molecule has 1 saturated heterocycles. The van der Waals surface area contributed by atoms with Gasteiger partial charge in [-0.2, -0.15) is 0 Å². The van der Waals surface area contributed by atoms with E-state index in [9.17, 15) is 4.79 Å². The zero-order valence-corrected chi connectivity index (χ0v) is 15.0. The highest BCUT2D eigenvalue weighted by Gasteiger charge is 2.18. The van der Waals surface area contributed by atoms with Crippen LogP contribution < -0.4 is 4.90 Å². The fourth-order valence-corrected chi connectivity index (χ4v) is 3.22. The number of benzene rings is 2. The second-order valence-corrected chi connectivity index (χ2v) is 6.66. The Balaban J connectivity index is 1.64. The molecule has 2 aromatic carbocycles. The Labute approximate surface area is 150 Å². The van der Waals surface area contributed by atoms with Gasteiger partial charge in [0.1, 0.15) is 0 Å². The third-order valence-electron chi connectivity index (χ3n) is 4.79. The quantitative estimate of drug-likeness (QED) is 0.811. The molecule has 0 spiro atoms. The van der Waals surface area contributed by atoms with E-state index < -0.39 is 0 Å². The van der Waals surface area contributed by atoms with Crippen molar-refractivity contribution >= 4 is 11.6 Å². The molecule has 0 saturated carbocycles. The van der Waals surface area contributed by atoms with Crippen molar-refractivity contribution < 1.29 is 4.79 Å². The third kappa shape index (κ3) is 4.91. The van der Waals surface area contributed by atoms with Crippen LogP contribution in [-0.4, -0.2) is 62.0 Å². The Bertz CT molecular complexity index is 651. The zero-order chi connectivity index (χ0) is 17.5. The Morgan fingerprint density at radius 1 is 0.920 bits per heavy atom. The summed E-state index contributed by atoms with van der Waals surface area (Å²) in [4.78, 5) is 19.7. The van der Waals surface area contributed by atoms with E-state index in [4.69, 9.17) is 0 Å². The van der Waals surface area contributed by atoms with E-state index in [1.54, 1.807) is 0 Å². The maximum Gasteiger partial charge on any atom is 0.258 e. The standard InChI is InChI=1S/C21H27N3O/c1-22-15-17-23(18-16-22)13-8-14-24(20-11-6-3-7-12-20)21(25)19-9-4-2-5-10-19/h2-7,9-12H,8,13-18H2,1H3. The maximum atomic E-state index is 13.0. The van der Waals surface area contributed by atoms with Gasteiger partial charge in [0.25, 0.3) is 5.91 Å². The molecule has 0 bridgehead atoms. The number of likely N-dealkylation sites (N-methyl/N-ethyl adjacent to an activating group) is 1. The van der Waals surface area contributed by atoms with Crippen molar-refractivity contribution in [3.8, 4) is 0 Å².